The Morgan fingerprint density at radius 1 is 1.55 bits per heavy atom. The Labute approximate surface area is 121 Å². The number of rotatable bonds is 2. The van der Waals surface area contributed by atoms with Crippen molar-refractivity contribution in [1.82, 2.24) is 5.32 Å². The first-order valence-electron chi connectivity index (χ1n) is 6.15. The SMILES string of the molecule is CNC(=S)C1c2cc([N+](=O)[O-])ccc2OC(C)(C)C1O. The highest BCUT2D eigenvalue weighted by atomic mass is 32.1. The van der Waals surface area contributed by atoms with E-state index >= 15 is 0 Å². The zero-order valence-electron chi connectivity index (χ0n) is 11.4. The average molecular weight is 296 g/mol. The molecule has 0 saturated heterocycles. The summed E-state index contributed by atoms with van der Waals surface area (Å²) in [5.41, 5.74) is -0.345. The number of aliphatic hydroxyl groups excluding tert-OH is 1. The van der Waals surface area contributed by atoms with Crippen molar-refractivity contribution in [2.45, 2.75) is 31.5 Å². The van der Waals surface area contributed by atoms with Crippen LogP contribution in [-0.2, 0) is 0 Å². The Bertz CT molecular complexity index is 573. The number of fused-ring (bicyclic) bond motifs is 1. The number of nitro groups is 1. The molecule has 0 fully saturated rings. The molecule has 1 heterocycles. The highest BCUT2D eigenvalue weighted by Gasteiger charge is 2.45. The Hall–Kier alpha value is -1.73. The van der Waals surface area contributed by atoms with Crippen molar-refractivity contribution in [3.63, 3.8) is 0 Å². The summed E-state index contributed by atoms with van der Waals surface area (Å²) in [7, 11) is 1.66. The monoisotopic (exact) mass is 296 g/mol. The van der Waals surface area contributed by atoms with Gasteiger partial charge in [-0.3, -0.25) is 10.1 Å². The van der Waals surface area contributed by atoms with Gasteiger partial charge in [0.2, 0.25) is 0 Å². The van der Waals surface area contributed by atoms with Crippen molar-refractivity contribution in [3.05, 3.63) is 33.9 Å². The number of hydrogen-bond acceptors (Lipinski definition) is 5. The highest BCUT2D eigenvalue weighted by molar-refractivity contribution is 7.80. The average Bonchev–Trinajstić information content (AvgIpc) is 2.38. The second kappa shape index (κ2) is 4.99. The second-order valence-electron chi connectivity index (χ2n) is 5.22. The third-order valence-corrected chi connectivity index (χ3v) is 3.93. The normalized spacial score (nSPS) is 23.4. The molecule has 0 aromatic heterocycles. The Morgan fingerprint density at radius 3 is 2.75 bits per heavy atom. The Balaban J connectivity index is 2.59. The molecular weight excluding hydrogens is 280 g/mol. The van der Waals surface area contributed by atoms with Crippen molar-refractivity contribution in [2.24, 2.45) is 0 Å². The first-order chi connectivity index (χ1) is 9.27. The quantitative estimate of drug-likeness (QED) is 0.491. The molecule has 1 aliphatic heterocycles. The van der Waals surface area contributed by atoms with Crippen LogP contribution in [0.4, 0.5) is 5.69 Å². The lowest BCUT2D eigenvalue weighted by Gasteiger charge is -2.42. The van der Waals surface area contributed by atoms with Gasteiger partial charge in [0.05, 0.1) is 15.8 Å². The zero-order valence-corrected chi connectivity index (χ0v) is 12.2. The summed E-state index contributed by atoms with van der Waals surface area (Å²) in [5, 5.41) is 24.2. The number of aliphatic hydroxyl groups is 1. The number of non-ortho nitro benzene ring substituents is 1. The molecule has 0 bridgehead atoms. The largest absolute Gasteiger partial charge is 0.485 e. The van der Waals surface area contributed by atoms with Crippen LogP contribution < -0.4 is 10.1 Å². The van der Waals surface area contributed by atoms with Gasteiger partial charge in [0, 0.05) is 24.7 Å². The molecule has 108 valence electrons. The smallest absolute Gasteiger partial charge is 0.269 e. The van der Waals surface area contributed by atoms with Crippen LogP contribution in [0.15, 0.2) is 18.2 Å². The van der Waals surface area contributed by atoms with Crippen molar-refractivity contribution in [3.8, 4) is 5.75 Å². The Morgan fingerprint density at radius 2 is 2.20 bits per heavy atom. The number of benzene rings is 1. The third kappa shape index (κ3) is 2.34. The molecule has 1 aromatic carbocycles. The van der Waals surface area contributed by atoms with Crippen molar-refractivity contribution >= 4 is 22.9 Å². The molecule has 0 radical (unpaired) electrons. The van der Waals surface area contributed by atoms with E-state index < -0.39 is 22.5 Å². The number of nitrogens with one attached hydrogen (secondary N) is 1. The molecule has 1 aliphatic rings. The summed E-state index contributed by atoms with van der Waals surface area (Å²) in [6, 6.07) is 4.33. The van der Waals surface area contributed by atoms with E-state index in [-0.39, 0.29) is 5.69 Å². The van der Waals surface area contributed by atoms with E-state index in [9.17, 15) is 15.2 Å². The summed E-state index contributed by atoms with van der Waals surface area (Å²) < 4.78 is 5.73. The molecule has 6 nitrogen and oxygen atoms in total. The minimum atomic E-state index is -0.892. The minimum absolute atomic E-state index is 0.0526. The van der Waals surface area contributed by atoms with E-state index in [1.54, 1.807) is 27.0 Å². The molecule has 2 atom stereocenters. The maximum atomic E-state index is 10.9. The van der Waals surface area contributed by atoms with Gasteiger partial charge < -0.3 is 15.2 Å². The summed E-state index contributed by atoms with van der Waals surface area (Å²) in [5.74, 6) is -0.0258. The standard InChI is InChI=1S/C13H16N2O4S/c1-13(2)11(16)10(12(20)14-3)8-6-7(15(17)18)4-5-9(8)19-13/h4-6,10-11,16H,1-3H3,(H,14,20). The Kier molecular flexibility index (Phi) is 3.66. The molecule has 0 spiro atoms. The van der Waals surface area contributed by atoms with E-state index in [0.29, 0.717) is 16.3 Å². The first-order valence-corrected chi connectivity index (χ1v) is 6.55. The van der Waals surface area contributed by atoms with E-state index in [4.69, 9.17) is 17.0 Å². The summed E-state index contributed by atoms with van der Waals surface area (Å²) in [6.07, 6.45) is -0.892. The first kappa shape index (κ1) is 14.7. The molecular formula is C13H16N2O4S. The van der Waals surface area contributed by atoms with Gasteiger partial charge >= 0.3 is 0 Å². The predicted molar refractivity (Wildman–Crippen MR) is 78.2 cm³/mol. The molecule has 2 unspecified atom stereocenters. The number of nitrogens with zero attached hydrogens (tertiary/aromatic N) is 1. The van der Waals surface area contributed by atoms with E-state index in [1.165, 1.54) is 12.1 Å². The van der Waals surface area contributed by atoms with Crippen molar-refractivity contribution < 1.29 is 14.8 Å². The maximum absolute atomic E-state index is 10.9. The van der Waals surface area contributed by atoms with Crippen LogP contribution in [0.2, 0.25) is 0 Å². The molecule has 20 heavy (non-hydrogen) atoms. The number of thiocarbonyl (C=S) groups is 1. The van der Waals surface area contributed by atoms with Gasteiger partial charge in [0.25, 0.3) is 5.69 Å². The molecule has 7 heteroatoms. The molecule has 1 aromatic rings. The molecule has 0 amide bonds. The van der Waals surface area contributed by atoms with Gasteiger partial charge in [0.1, 0.15) is 17.5 Å². The van der Waals surface area contributed by atoms with Crippen molar-refractivity contribution in [2.75, 3.05) is 7.05 Å². The lowest BCUT2D eigenvalue weighted by molar-refractivity contribution is -0.385. The highest BCUT2D eigenvalue weighted by Crippen LogP contribution is 2.42. The summed E-state index contributed by atoms with van der Waals surface area (Å²) >= 11 is 5.24. The zero-order chi connectivity index (χ0) is 15.1. The molecule has 0 aliphatic carbocycles. The van der Waals surface area contributed by atoms with Gasteiger partial charge in [-0.15, -0.1) is 0 Å². The summed E-state index contributed by atoms with van der Waals surface area (Å²) in [6.45, 7) is 3.51. The van der Waals surface area contributed by atoms with E-state index in [2.05, 4.69) is 5.32 Å². The van der Waals surface area contributed by atoms with Crippen LogP contribution in [0.1, 0.15) is 25.3 Å². The fourth-order valence-electron chi connectivity index (χ4n) is 2.34. The maximum Gasteiger partial charge on any atom is 0.269 e. The van der Waals surface area contributed by atoms with Gasteiger partial charge in [-0.1, -0.05) is 12.2 Å². The number of hydrogen-bond donors (Lipinski definition) is 2. The van der Waals surface area contributed by atoms with Crippen LogP contribution in [0.5, 0.6) is 5.75 Å². The van der Waals surface area contributed by atoms with Gasteiger partial charge in [-0.05, 0) is 19.9 Å². The van der Waals surface area contributed by atoms with E-state index in [1.807, 2.05) is 0 Å². The van der Waals surface area contributed by atoms with Gasteiger partial charge in [-0.25, -0.2) is 0 Å². The number of ether oxygens (including phenoxy) is 1. The second-order valence-corrected chi connectivity index (χ2v) is 5.66. The topological polar surface area (TPSA) is 84.6 Å². The lowest BCUT2D eigenvalue weighted by Crippen LogP contribution is -2.52. The number of likely N-dealkylation sites (N-methyl/N-ethyl adjacent to an activating group) is 1. The molecule has 0 saturated carbocycles. The fraction of sp³-hybridized carbons (Fsp3) is 0.462. The fourth-order valence-corrected chi connectivity index (χ4v) is 2.60. The van der Waals surface area contributed by atoms with Crippen LogP contribution in [-0.4, -0.2) is 33.8 Å². The van der Waals surface area contributed by atoms with Crippen LogP contribution in [0, 0.1) is 10.1 Å². The van der Waals surface area contributed by atoms with Gasteiger partial charge in [0.15, 0.2) is 0 Å². The molecule has 2 N–H and O–H groups in total. The van der Waals surface area contributed by atoms with Crippen molar-refractivity contribution in [1.29, 1.82) is 0 Å². The van der Waals surface area contributed by atoms with Crippen LogP contribution in [0.3, 0.4) is 0 Å². The minimum Gasteiger partial charge on any atom is -0.485 e. The van der Waals surface area contributed by atoms with E-state index in [0.717, 1.165) is 0 Å². The number of nitro benzene ring substituents is 1. The van der Waals surface area contributed by atoms with Crippen LogP contribution >= 0.6 is 12.2 Å². The predicted octanol–water partition coefficient (Wildman–Crippen LogP) is 1.76. The van der Waals surface area contributed by atoms with Crippen LogP contribution in [0.25, 0.3) is 0 Å². The van der Waals surface area contributed by atoms with Gasteiger partial charge in [-0.2, -0.15) is 0 Å². The summed E-state index contributed by atoms with van der Waals surface area (Å²) in [4.78, 5) is 10.8. The third-order valence-electron chi connectivity index (χ3n) is 3.47. The lowest BCUT2D eigenvalue weighted by atomic mass is 9.81. The molecule has 2 rings (SSSR count).